The Bertz CT molecular complexity index is 464. The molecule has 1 aromatic heterocycles. The minimum absolute atomic E-state index is 0.317. The Labute approximate surface area is 88.1 Å². The highest BCUT2D eigenvalue weighted by Gasteiger charge is 2.14. The molecule has 4 nitrogen and oxygen atoms in total. The zero-order chi connectivity index (χ0) is 10.8. The van der Waals surface area contributed by atoms with Crippen molar-refractivity contribution in [1.29, 1.82) is 0 Å². The van der Waals surface area contributed by atoms with Crippen LogP contribution in [0.25, 0.3) is 0 Å². The van der Waals surface area contributed by atoms with E-state index in [0.29, 0.717) is 11.7 Å². The average molecular weight is 203 g/mol. The van der Waals surface area contributed by atoms with Crippen molar-refractivity contribution < 1.29 is 4.52 Å². The standard InChI is InChI=1S/C11H13N3O/c1-7-4-3-5-9(6-7)10(12)11-13-8(2)15-14-11/h3-6,10H,12H2,1-2H3. The molecular formula is C11H13N3O. The number of aryl methyl sites for hydroxylation is 2. The van der Waals surface area contributed by atoms with Gasteiger partial charge in [0.15, 0.2) is 5.82 Å². The van der Waals surface area contributed by atoms with Gasteiger partial charge in [-0.05, 0) is 12.5 Å². The first kappa shape index (κ1) is 9.86. The van der Waals surface area contributed by atoms with E-state index in [1.807, 2.05) is 31.2 Å². The van der Waals surface area contributed by atoms with E-state index in [1.165, 1.54) is 5.56 Å². The quantitative estimate of drug-likeness (QED) is 0.807. The summed E-state index contributed by atoms with van der Waals surface area (Å²) in [5, 5.41) is 3.81. The monoisotopic (exact) mass is 203 g/mol. The van der Waals surface area contributed by atoms with Crippen molar-refractivity contribution in [3.63, 3.8) is 0 Å². The van der Waals surface area contributed by atoms with Crippen LogP contribution in [0.3, 0.4) is 0 Å². The molecule has 2 N–H and O–H groups in total. The summed E-state index contributed by atoms with van der Waals surface area (Å²) in [5.41, 5.74) is 8.18. The highest BCUT2D eigenvalue weighted by molar-refractivity contribution is 5.28. The number of rotatable bonds is 2. The van der Waals surface area contributed by atoms with Crippen LogP contribution in [0.2, 0.25) is 0 Å². The second kappa shape index (κ2) is 3.82. The van der Waals surface area contributed by atoms with E-state index in [2.05, 4.69) is 10.1 Å². The zero-order valence-corrected chi connectivity index (χ0v) is 8.77. The van der Waals surface area contributed by atoms with E-state index in [-0.39, 0.29) is 6.04 Å². The predicted molar refractivity (Wildman–Crippen MR) is 56.2 cm³/mol. The normalized spacial score (nSPS) is 12.7. The summed E-state index contributed by atoms with van der Waals surface area (Å²) in [6, 6.07) is 7.66. The third-order valence-corrected chi connectivity index (χ3v) is 2.22. The molecule has 0 bridgehead atoms. The molecule has 0 aliphatic rings. The molecule has 0 aliphatic carbocycles. The Balaban J connectivity index is 2.32. The summed E-state index contributed by atoms with van der Waals surface area (Å²) < 4.78 is 4.90. The Kier molecular flexibility index (Phi) is 2.51. The van der Waals surface area contributed by atoms with Gasteiger partial charge in [-0.1, -0.05) is 35.0 Å². The molecule has 0 radical (unpaired) electrons. The van der Waals surface area contributed by atoms with Gasteiger partial charge >= 0.3 is 0 Å². The first-order valence-corrected chi connectivity index (χ1v) is 4.79. The summed E-state index contributed by atoms with van der Waals surface area (Å²) in [4.78, 5) is 4.11. The van der Waals surface area contributed by atoms with Crippen molar-refractivity contribution in [3.8, 4) is 0 Å². The van der Waals surface area contributed by atoms with E-state index in [1.54, 1.807) is 6.92 Å². The maximum atomic E-state index is 6.01. The van der Waals surface area contributed by atoms with Crippen molar-refractivity contribution in [1.82, 2.24) is 10.1 Å². The number of hydrogen-bond donors (Lipinski definition) is 1. The summed E-state index contributed by atoms with van der Waals surface area (Å²) in [6.07, 6.45) is 0. The fourth-order valence-electron chi connectivity index (χ4n) is 1.45. The fourth-order valence-corrected chi connectivity index (χ4v) is 1.45. The highest BCUT2D eigenvalue weighted by atomic mass is 16.5. The molecule has 1 aromatic carbocycles. The van der Waals surface area contributed by atoms with Gasteiger partial charge in [0.05, 0.1) is 6.04 Å². The molecule has 4 heteroatoms. The first-order chi connectivity index (χ1) is 7.16. The predicted octanol–water partition coefficient (Wildman–Crippen LogP) is 1.73. The average Bonchev–Trinajstić information content (AvgIpc) is 2.64. The van der Waals surface area contributed by atoms with Gasteiger partial charge in [0.1, 0.15) is 0 Å². The lowest BCUT2D eigenvalue weighted by Crippen LogP contribution is -2.13. The molecule has 0 aliphatic heterocycles. The van der Waals surface area contributed by atoms with Crippen molar-refractivity contribution in [2.24, 2.45) is 5.73 Å². The molecule has 0 saturated heterocycles. The van der Waals surface area contributed by atoms with Crippen LogP contribution in [0.5, 0.6) is 0 Å². The smallest absolute Gasteiger partial charge is 0.223 e. The van der Waals surface area contributed by atoms with E-state index in [0.717, 1.165) is 5.56 Å². The summed E-state index contributed by atoms with van der Waals surface area (Å²) >= 11 is 0. The van der Waals surface area contributed by atoms with Crippen molar-refractivity contribution in [2.75, 3.05) is 0 Å². The molecule has 0 saturated carbocycles. The summed E-state index contributed by atoms with van der Waals surface area (Å²) in [6.45, 7) is 3.77. The molecule has 78 valence electrons. The van der Waals surface area contributed by atoms with Crippen LogP contribution in [-0.4, -0.2) is 10.1 Å². The molecule has 2 aromatic rings. The zero-order valence-electron chi connectivity index (χ0n) is 8.77. The largest absolute Gasteiger partial charge is 0.340 e. The molecular weight excluding hydrogens is 190 g/mol. The number of nitrogens with zero attached hydrogens (tertiary/aromatic N) is 2. The Hall–Kier alpha value is -1.68. The van der Waals surface area contributed by atoms with E-state index in [9.17, 15) is 0 Å². The maximum Gasteiger partial charge on any atom is 0.223 e. The van der Waals surface area contributed by atoms with Crippen LogP contribution >= 0.6 is 0 Å². The van der Waals surface area contributed by atoms with E-state index < -0.39 is 0 Å². The van der Waals surface area contributed by atoms with Crippen molar-refractivity contribution in [3.05, 3.63) is 47.1 Å². The molecule has 0 spiro atoms. The second-order valence-electron chi connectivity index (χ2n) is 3.56. The van der Waals surface area contributed by atoms with Crippen LogP contribution in [0.4, 0.5) is 0 Å². The van der Waals surface area contributed by atoms with Crippen LogP contribution in [0.1, 0.15) is 28.9 Å². The van der Waals surface area contributed by atoms with Crippen molar-refractivity contribution >= 4 is 0 Å². The fraction of sp³-hybridized carbons (Fsp3) is 0.273. The molecule has 2 rings (SSSR count). The minimum atomic E-state index is -0.317. The van der Waals surface area contributed by atoms with Gasteiger partial charge in [-0.2, -0.15) is 4.98 Å². The number of benzene rings is 1. The Morgan fingerprint density at radius 3 is 2.73 bits per heavy atom. The molecule has 1 unspecified atom stereocenters. The third kappa shape index (κ3) is 2.05. The SMILES string of the molecule is Cc1cccc(C(N)c2noc(C)n2)c1. The van der Waals surface area contributed by atoms with Crippen LogP contribution in [0.15, 0.2) is 28.8 Å². The minimum Gasteiger partial charge on any atom is -0.340 e. The molecule has 0 amide bonds. The Morgan fingerprint density at radius 1 is 1.33 bits per heavy atom. The molecule has 1 heterocycles. The van der Waals surface area contributed by atoms with Gasteiger partial charge in [0.25, 0.3) is 0 Å². The van der Waals surface area contributed by atoms with Gasteiger partial charge in [0, 0.05) is 6.92 Å². The highest BCUT2D eigenvalue weighted by Crippen LogP contribution is 2.17. The van der Waals surface area contributed by atoms with Gasteiger partial charge in [0.2, 0.25) is 5.89 Å². The molecule has 1 atom stereocenters. The molecule has 15 heavy (non-hydrogen) atoms. The first-order valence-electron chi connectivity index (χ1n) is 4.79. The van der Waals surface area contributed by atoms with Crippen LogP contribution in [-0.2, 0) is 0 Å². The van der Waals surface area contributed by atoms with E-state index in [4.69, 9.17) is 10.3 Å². The maximum absolute atomic E-state index is 6.01. The number of hydrogen-bond acceptors (Lipinski definition) is 4. The topological polar surface area (TPSA) is 64.9 Å². The molecule has 0 fully saturated rings. The summed E-state index contributed by atoms with van der Waals surface area (Å²) in [5.74, 6) is 1.06. The third-order valence-electron chi connectivity index (χ3n) is 2.22. The van der Waals surface area contributed by atoms with Gasteiger partial charge < -0.3 is 10.3 Å². The van der Waals surface area contributed by atoms with Crippen LogP contribution in [0, 0.1) is 13.8 Å². The second-order valence-corrected chi connectivity index (χ2v) is 3.56. The Morgan fingerprint density at radius 2 is 2.13 bits per heavy atom. The van der Waals surface area contributed by atoms with Gasteiger partial charge in [-0.25, -0.2) is 0 Å². The van der Waals surface area contributed by atoms with Crippen LogP contribution < -0.4 is 5.73 Å². The van der Waals surface area contributed by atoms with Gasteiger partial charge in [-0.15, -0.1) is 0 Å². The number of aromatic nitrogens is 2. The summed E-state index contributed by atoms with van der Waals surface area (Å²) in [7, 11) is 0. The van der Waals surface area contributed by atoms with E-state index >= 15 is 0 Å². The number of nitrogens with two attached hydrogens (primary N) is 1. The lowest BCUT2D eigenvalue weighted by atomic mass is 10.1. The van der Waals surface area contributed by atoms with Gasteiger partial charge in [-0.3, -0.25) is 0 Å². The lowest BCUT2D eigenvalue weighted by Gasteiger charge is -2.07. The lowest BCUT2D eigenvalue weighted by molar-refractivity contribution is 0.385. The van der Waals surface area contributed by atoms with Crippen molar-refractivity contribution in [2.45, 2.75) is 19.9 Å².